The number of piperidine rings is 2. The van der Waals surface area contributed by atoms with E-state index in [0.29, 0.717) is 11.8 Å². The second-order valence-corrected chi connectivity index (χ2v) is 6.18. The van der Waals surface area contributed by atoms with Crippen molar-refractivity contribution >= 4 is 5.91 Å². The fourth-order valence-electron chi connectivity index (χ4n) is 3.34. The number of rotatable bonds is 3. The minimum atomic E-state index is -0.178. The summed E-state index contributed by atoms with van der Waals surface area (Å²) in [5.74, 6) is 0.976. The molecular formula is C14H27N3O. The quantitative estimate of drug-likeness (QED) is 0.788. The number of carbonyl (C=O) groups is 1. The SMILES string of the molecule is CC1(C(=O)N2CCCC(CCN)C2)CCCNC1. The number of nitrogens with one attached hydrogen (secondary N) is 1. The number of nitrogens with two attached hydrogens (primary N) is 1. The molecule has 4 nitrogen and oxygen atoms in total. The van der Waals surface area contributed by atoms with Gasteiger partial charge in [0.15, 0.2) is 0 Å². The van der Waals surface area contributed by atoms with Gasteiger partial charge in [0.05, 0.1) is 5.41 Å². The van der Waals surface area contributed by atoms with Crippen molar-refractivity contribution < 1.29 is 4.79 Å². The summed E-state index contributed by atoms with van der Waals surface area (Å²) in [6, 6.07) is 0. The molecule has 3 N–H and O–H groups in total. The molecule has 2 atom stereocenters. The van der Waals surface area contributed by atoms with Crippen LogP contribution in [0.4, 0.5) is 0 Å². The molecule has 0 aromatic heterocycles. The molecular weight excluding hydrogens is 226 g/mol. The van der Waals surface area contributed by atoms with Crippen LogP contribution in [0.25, 0.3) is 0 Å². The standard InChI is InChI=1S/C14H27N3O/c1-14(6-3-8-16-11-14)13(18)17-9-2-4-12(10-17)5-7-15/h12,16H,2-11,15H2,1H3. The van der Waals surface area contributed by atoms with E-state index in [0.717, 1.165) is 58.4 Å². The molecule has 0 aromatic rings. The van der Waals surface area contributed by atoms with Crippen molar-refractivity contribution in [2.75, 3.05) is 32.7 Å². The number of amides is 1. The molecule has 18 heavy (non-hydrogen) atoms. The van der Waals surface area contributed by atoms with Crippen molar-refractivity contribution in [2.45, 2.75) is 39.0 Å². The highest BCUT2D eigenvalue weighted by Gasteiger charge is 2.38. The van der Waals surface area contributed by atoms with Gasteiger partial charge in [-0.15, -0.1) is 0 Å². The first-order valence-corrected chi connectivity index (χ1v) is 7.36. The van der Waals surface area contributed by atoms with E-state index in [2.05, 4.69) is 17.1 Å². The summed E-state index contributed by atoms with van der Waals surface area (Å²) in [6.07, 6.45) is 5.56. The van der Waals surface area contributed by atoms with E-state index in [4.69, 9.17) is 5.73 Å². The Hall–Kier alpha value is -0.610. The predicted octanol–water partition coefficient (Wildman–Crippen LogP) is 0.964. The molecule has 2 unspecified atom stereocenters. The summed E-state index contributed by atoms with van der Waals surface area (Å²) in [7, 11) is 0. The maximum Gasteiger partial charge on any atom is 0.229 e. The lowest BCUT2D eigenvalue weighted by atomic mass is 9.80. The maximum absolute atomic E-state index is 12.7. The van der Waals surface area contributed by atoms with Gasteiger partial charge in [-0.3, -0.25) is 4.79 Å². The summed E-state index contributed by atoms with van der Waals surface area (Å²) in [5, 5.41) is 3.36. The van der Waals surface area contributed by atoms with E-state index in [1.54, 1.807) is 0 Å². The first-order valence-electron chi connectivity index (χ1n) is 7.36. The Morgan fingerprint density at radius 3 is 3.00 bits per heavy atom. The molecule has 2 aliphatic rings. The first kappa shape index (κ1) is 13.8. The van der Waals surface area contributed by atoms with Crippen molar-refractivity contribution in [1.29, 1.82) is 0 Å². The third kappa shape index (κ3) is 3.04. The van der Waals surface area contributed by atoms with Gasteiger partial charge in [-0.25, -0.2) is 0 Å². The smallest absolute Gasteiger partial charge is 0.229 e. The van der Waals surface area contributed by atoms with Gasteiger partial charge in [-0.1, -0.05) is 0 Å². The minimum Gasteiger partial charge on any atom is -0.342 e. The summed E-state index contributed by atoms with van der Waals surface area (Å²) in [4.78, 5) is 14.8. The zero-order valence-corrected chi connectivity index (χ0v) is 11.6. The zero-order chi connectivity index (χ0) is 13.0. The van der Waals surface area contributed by atoms with E-state index in [-0.39, 0.29) is 5.41 Å². The van der Waals surface area contributed by atoms with Crippen molar-refractivity contribution in [3.05, 3.63) is 0 Å². The average molecular weight is 253 g/mol. The third-order valence-electron chi connectivity index (χ3n) is 4.49. The number of hydrogen-bond donors (Lipinski definition) is 2. The van der Waals surface area contributed by atoms with Crippen LogP contribution in [-0.2, 0) is 4.79 Å². The van der Waals surface area contributed by atoms with Crippen molar-refractivity contribution in [2.24, 2.45) is 17.1 Å². The molecule has 0 saturated carbocycles. The van der Waals surface area contributed by atoms with Crippen LogP contribution in [0.3, 0.4) is 0 Å². The van der Waals surface area contributed by atoms with Crippen LogP contribution >= 0.6 is 0 Å². The number of hydrogen-bond acceptors (Lipinski definition) is 3. The predicted molar refractivity (Wildman–Crippen MR) is 73.2 cm³/mol. The average Bonchev–Trinajstić information content (AvgIpc) is 2.39. The van der Waals surface area contributed by atoms with Crippen LogP contribution in [-0.4, -0.2) is 43.5 Å². The lowest BCUT2D eigenvalue weighted by Crippen LogP contribution is -2.52. The Labute approximate surface area is 110 Å². The van der Waals surface area contributed by atoms with E-state index in [1.165, 1.54) is 6.42 Å². The van der Waals surface area contributed by atoms with Gasteiger partial charge in [0.1, 0.15) is 0 Å². The maximum atomic E-state index is 12.7. The van der Waals surface area contributed by atoms with Crippen LogP contribution in [0.5, 0.6) is 0 Å². The molecule has 0 spiro atoms. The van der Waals surface area contributed by atoms with E-state index < -0.39 is 0 Å². The highest BCUT2D eigenvalue weighted by molar-refractivity contribution is 5.82. The normalized spacial score (nSPS) is 33.4. The first-order chi connectivity index (χ1) is 8.65. The highest BCUT2D eigenvalue weighted by Crippen LogP contribution is 2.30. The summed E-state index contributed by atoms with van der Waals surface area (Å²) >= 11 is 0. The molecule has 0 aromatic carbocycles. The molecule has 2 aliphatic heterocycles. The molecule has 0 bridgehead atoms. The van der Waals surface area contributed by atoms with Crippen molar-refractivity contribution in [3.63, 3.8) is 0 Å². The lowest BCUT2D eigenvalue weighted by molar-refractivity contribution is -0.144. The Morgan fingerprint density at radius 1 is 1.50 bits per heavy atom. The van der Waals surface area contributed by atoms with Gasteiger partial charge < -0.3 is 16.0 Å². The number of carbonyl (C=O) groups excluding carboxylic acids is 1. The topological polar surface area (TPSA) is 58.4 Å². The molecule has 0 radical (unpaired) electrons. The van der Waals surface area contributed by atoms with Crippen molar-refractivity contribution in [1.82, 2.24) is 10.2 Å². The van der Waals surface area contributed by atoms with Gasteiger partial charge in [0.2, 0.25) is 5.91 Å². The van der Waals surface area contributed by atoms with Crippen LogP contribution in [0.1, 0.15) is 39.0 Å². The monoisotopic (exact) mass is 253 g/mol. The van der Waals surface area contributed by atoms with Gasteiger partial charge in [-0.2, -0.15) is 0 Å². The summed E-state index contributed by atoms with van der Waals surface area (Å²) in [6.45, 7) is 6.61. The fraction of sp³-hybridized carbons (Fsp3) is 0.929. The van der Waals surface area contributed by atoms with E-state index in [9.17, 15) is 4.79 Å². The molecule has 2 fully saturated rings. The van der Waals surface area contributed by atoms with Crippen LogP contribution in [0, 0.1) is 11.3 Å². The molecule has 4 heteroatoms. The highest BCUT2D eigenvalue weighted by atomic mass is 16.2. The fourth-order valence-corrected chi connectivity index (χ4v) is 3.34. The molecule has 104 valence electrons. The zero-order valence-electron chi connectivity index (χ0n) is 11.6. The Morgan fingerprint density at radius 2 is 2.33 bits per heavy atom. The second kappa shape index (κ2) is 6.02. The van der Waals surface area contributed by atoms with Gasteiger partial charge in [0, 0.05) is 19.6 Å². The largest absolute Gasteiger partial charge is 0.342 e. The Bertz CT molecular complexity index is 285. The van der Waals surface area contributed by atoms with Crippen LogP contribution < -0.4 is 11.1 Å². The Balaban J connectivity index is 1.95. The van der Waals surface area contributed by atoms with E-state index >= 15 is 0 Å². The molecule has 0 aliphatic carbocycles. The van der Waals surface area contributed by atoms with Crippen LogP contribution in [0.2, 0.25) is 0 Å². The van der Waals surface area contributed by atoms with Gasteiger partial charge >= 0.3 is 0 Å². The van der Waals surface area contributed by atoms with Crippen molar-refractivity contribution in [3.8, 4) is 0 Å². The van der Waals surface area contributed by atoms with Gasteiger partial charge in [-0.05, 0) is 58.0 Å². The molecule has 2 saturated heterocycles. The number of nitrogens with zero attached hydrogens (tertiary/aromatic N) is 1. The van der Waals surface area contributed by atoms with Crippen LogP contribution in [0.15, 0.2) is 0 Å². The second-order valence-electron chi connectivity index (χ2n) is 6.18. The van der Waals surface area contributed by atoms with Gasteiger partial charge in [0.25, 0.3) is 0 Å². The molecule has 1 amide bonds. The lowest BCUT2D eigenvalue weighted by Gasteiger charge is -2.41. The number of likely N-dealkylation sites (tertiary alicyclic amines) is 1. The minimum absolute atomic E-state index is 0.178. The third-order valence-corrected chi connectivity index (χ3v) is 4.49. The molecule has 2 heterocycles. The summed E-state index contributed by atoms with van der Waals surface area (Å²) < 4.78 is 0. The molecule has 2 rings (SSSR count). The van der Waals surface area contributed by atoms with E-state index in [1.807, 2.05) is 0 Å². The summed E-state index contributed by atoms with van der Waals surface area (Å²) in [5.41, 5.74) is 5.46. The Kier molecular flexibility index (Phi) is 4.62.